The standard InChI is InChI=1S/C26H26FNO2/c27-23-12-10-22(11-13-23)26(14-16-30-17-15-26)19-28-25(29)24-9-5-4-8-21(24)18-20-6-2-1-3-7-20/h1-13H,14-19H2,(H,28,29). The van der Waals surface area contributed by atoms with Crippen molar-refractivity contribution in [2.24, 2.45) is 0 Å². The molecule has 0 saturated carbocycles. The normalized spacial score (nSPS) is 15.5. The number of hydrogen-bond donors (Lipinski definition) is 1. The third-order valence-electron chi connectivity index (χ3n) is 5.99. The van der Waals surface area contributed by atoms with Crippen LogP contribution in [-0.2, 0) is 16.6 Å². The molecule has 0 bridgehead atoms. The summed E-state index contributed by atoms with van der Waals surface area (Å²) < 4.78 is 19.0. The molecule has 0 atom stereocenters. The molecule has 3 aromatic carbocycles. The minimum atomic E-state index is -0.250. The summed E-state index contributed by atoms with van der Waals surface area (Å²) >= 11 is 0. The van der Waals surface area contributed by atoms with E-state index in [-0.39, 0.29) is 17.1 Å². The van der Waals surface area contributed by atoms with Gasteiger partial charge in [-0.3, -0.25) is 4.79 Å². The molecule has 0 spiro atoms. The molecule has 1 fully saturated rings. The van der Waals surface area contributed by atoms with Crippen molar-refractivity contribution in [3.8, 4) is 0 Å². The lowest BCUT2D eigenvalue weighted by Crippen LogP contribution is -2.44. The van der Waals surface area contributed by atoms with Gasteiger partial charge in [0.05, 0.1) is 0 Å². The Labute approximate surface area is 176 Å². The SMILES string of the molecule is O=C(NCC1(c2ccc(F)cc2)CCOCC1)c1ccccc1Cc1ccccc1. The summed E-state index contributed by atoms with van der Waals surface area (Å²) in [6.45, 7) is 1.77. The van der Waals surface area contributed by atoms with Crippen molar-refractivity contribution in [1.82, 2.24) is 5.32 Å². The van der Waals surface area contributed by atoms with E-state index in [4.69, 9.17) is 4.74 Å². The molecule has 4 rings (SSSR count). The Kier molecular flexibility index (Phi) is 6.24. The highest BCUT2D eigenvalue weighted by Crippen LogP contribution is 2.34. The number of hydrogen-bond acceptors (Lipinski definition) is 2. The van der Waals surface area contributed by atoms with Gasteiger partial charge < -0.3 is 10.1 Å². The van der Waals surface area contributed by atoms with E-state index in [0.29, 0.717) is 31.7 Å². The molecule has 1 aliphatic rings. The molecule has 1 N–H and O–H groups in total. The average molecular weight is 403 g/mol. The number of ether oxygens (including phenoxy) is 1. The second-order valence-corrected chi connectivity index (χ2v) is 7.90. The first-order valence-corrected chi connectivity index (χ1v) is 10.4. The highest BCUT2D eigenvalue weighted by molar-refractivity contribution is 5.95. The zero-order valence-electron chi connectivity index (χ0n) is 16.9. The van der Waals surface area contributed by atoms with Crippen molar-refractivity contribution < 1.29 is 13.9 Å². The molecule has 1 saturated heterocycles. The average Bonchev–Trinajstić information content (AvgIpc) is 2.80. The number of halogens is 1. The van der Waals surface area contributed by atoms with Crippen molar-refractivity contribution in [2.75, 3.05) is 19.8 Å². The van der Waals surface area contributed by atoms with Crippen LogP contribution in [0.25, 0.3) is 0 Å². The molecule has 4 heteroatoms. The molecule has 0 unspecified atom stereocenters. The van der Waals surface area contributed by atoms with Crippen LogP contribution in [0.5, 0.6) is 0 Å². The van der Waals surface area contributed by atoms with E-state index in [1.807, 2.05) is 54.6 Å². The van der Waals surface area contributed by atoms with Crippen LogP contribution in [0.15, 0.2) is 78.9 Å². The minimum absolute atomic E-state index is 0.0745. The van der Waals surface area contributed by atoms with Gasteiger partial charge in [0.25, 0.3) is 5.91 Å². The summed E-state index contributed by atoms with van der Waals surface area (Å²) in [5.41, 5.74) is 3.68. The van der Waals surface area contributed by atoms with Gasteiger partial charge in [-0.25, -0.2) is 4.39 Å². The van der Waals surface area contributed by atoms with Crippen LogP contribution in [0.4, 0.5) is 4.39 Å². The molecule has 30 heavy (non-hydrogen) atoms. The molecule has 3 nitrogen and oxygen atoms in total. The van der Waals surface area contributed by atoms with Crippen molar-refractivity contribution in [3.05, 3.63) is 107 Å². The highest BCUT2D eigenvalue weighted by Gasteiger charge is 2.35. The minimum Gasteiger partial charge on any atom is -0.381 e. The number of carbonyl (C=O) groups is 1. The van der Waals surface area contributed by atoms with E-state index in [0.717, 1.165) is 24.0 Å². The first kappa shape index (κ1) is 20.3. The highest BCUT2D eigenvalue weighted by atomic mass is 19.1. The Bertz CT molecular complexity index is 979. The summed E-state index contributed by atoms with van der Waals surface area (Å²) in [7, 11) is 0. The summed E-state index contributed by atoms with van der Waals surface area (Å²) in [5.74, 6) is -0.325. The quantitative estimate of drug-likeness (QED) is 0.636. The van der Waals surface area contributed by atoms with E-state index >= 15 is 0 Å². The van der Waals surface area contributed by atoms with E-state index in [1.54, 1.807) is 0 Å². The number of amides is 1. The van der Waals surface area contributed by atoms with E-state index < -0.39 is 0 Å². The first-order valence-electron chi connectivity index (χ1n) is 10.4. The molecule has 154 valence electrons. The monoisotopic (exact) mass is 403 g/mol. The van der Waals surface area contributed by atoms with Crippen molar-refractivity contribution in [3.63, 3.8) is 0 Å². The Morgan fingerprint density at radius 2 is 1.57 bits per heavy atom. The van der Waals surface area contributed by atoms with E-state index in [9.17, 15) is 9.18 Å². The Balaban J connectivity index is 1.52. The summed E-state index contributed by atoms with van der Waals surface area (Å²) in [4.78, 5) is 13.1. The third kappa shape index (κ3) is 4.60. The lowest BCUT2D eigenvalue weighted by molar-refractivity contribution is 0.0487. The van der Waals surface area contributed by atoms with Gasteiger partial charge in [0.1, 0.15) is 5.82 Å². The van der Waals surface area contributed by atoms with Gasteiger partial charge in [-0.15, -0.1) is 0 Å². The largest absolute Gasteiger partial charge is 0.381 e. The van der Waals surface area contributed by atoms with Gasteiger partial charge in [-0.1, -0.05) is 60.7 Å². The van der Waals surface area contributed by atoms with Crippen molar-refractivity contribution in [2.45, 2.75) is 24.7 Å². The molecule has 0 aliphatic carbocycles. The lowest BCUT2D eigenvalue weighted by atomic mass is 9.74. The van der Waals surface area contributed by atoms with Gasteiger partial charge in [0, 0.05) is 30.7 Å². The van der Waals surface area contributed by atoms with Crippen LogP contribution in [0.2, 0.25) is 0 Å². The van der Waals surface area contributed by atoms with E-state index in [1.165, 1.54) is 17.7 Å². The zero-order chi connectivity index (χ0) is 20.8. The summed E-state index contributed by atoms with van der Waals surface area (Å²) in [6.07, 6.45) is 2.30. The fourth-order valence-electron chi connectivity index (χ4n) is 4.19. The molecule has 1 amide bonds. The Morgan fingerprint density at radius 3 is 2.30 bits per heavy atom. The second kappa shape index (κ2) is 9.23. The van der Waals surface area contributed by atoms with Crippen LogP contribution in [-0.4, -0.2) is 25.7 Å². The molecule has 1 heterocycles. The van der Waals surface area contributed by atoms with Gasteiger partial charge in [0.2, 0.25) is 0 Å². The maximum atomic E-state index is 13.4. The molecule has 0 aromatic heterocycles. The Hall–Kier alpha value is -2.98. The van der Waals surface area contributed by atoms with Crippen LogP contribution in [0.3, 0.4) is 0 Å². The lowest BCUT2D eigenvalue weighted by Gasteiger charge is -2.38. The number of benzene rings is 3. The molecule has 0 radical (unpaired) electrons. The van der Waals surface area contributed by atoms with Gasteiger partial charge in [0.15, 0.2) is 0 Å². The predicted molar refractivity (Wildman–Crippen MR) is 116 cm³/mol. The fourth-order valence-corrected chi connectivity index (χ4v) is 4.19. The van der Waals surface area contributed by atoms with Gasteiger partial charge >= 0.3 is 0 Å². The first-order chi connectivity index (χ1) is 14.7. The molecule has 3 aromatic rings. The topological polar surface area (TPSA) is 38.3 Å². The van der Waals surface area contributed by atoms with Gasteiger partial charge in [-0.05, 0) is 54.2 Å². The van der Waals surface area contributed by atoms with Crippen molar-refractivity contribution in [1.29, 1.82) is 0 Å². The number of carbonyl (C=O) groups excluding carboxylic acids is 1. The van der Waals surface area contributed by atoms with E-state index in [2.05, 4.69) is 17.4 Å². The maximum Gasteiger partial charge on any atom is 0.251 e. The summed E-state index contributed by atoms with van der Waals surface area (Å²) in [6, 6.07) is 24.5. The van der Waals surface area contributed by atoms with Gasteiger partial charge in [-0.2, -0.15) is 0 Å². The molecular formula is C26H26FNO2. The predicted octanol–water partition coefficient (Wildman–Crippen LogP) is 4.89. The van der Waals surface area contributed by atoms with Crippen LogP contribution in [0.1, 0.15) is 39.9 Å². The van der Waals surface area contributed by atoms with Crippen LogP contribution >= 0.6 is 0 Å². The third-order valence-corrected chi connectivity index (χ3v) is 5.99. The second-order valence-electron chi connectivity index (χ2n) is 7.90. The van der Waals surface area contributed by atoms with Crippen LogP contribution < -0.4 is 5.32 Å². The van der Waals surface area contributed by atoms with Crippen molar-refractivity contribution >= 4 is 5.91 Å². The Morgan fingerprint density at radius 1 is 0.900 bits per heavy atom. The zero-order valence-corrected chi connectivity index (χ0v) is 16.9. The number of rotatable bonds is 6. The van der Waals surface area contributed by atoms with Crippen LogP contribution in [0, 0.1) is 5.82 Å². The fraction of sp³-hybridized carbons (Fsp3) is 0.269. The summed E-state index contributed by atoms with van der Waals surface area (Å²) in [5, 5.41) is 3.16. The molecule has 1 aliphatic heterocycles. The molecular weight excluding hydrogens is 377 g/mol. The maximum absolute atomic E-state index is 13.4. The smallest absolute Gasteiger partial charge is 0.251 e. The number of nitrogens with one attached hydrogen (secondary N) is 1.